The molecule has 170 valence electrons. The number of carbonyl (C=O) groups is 4. The van der Waals surface area contributed by atoms with Crippen molar-refractivity contribution in [3.05, 3.63) is 0 Å². The van der Waals surface area contributed by atoms with E-state index in [0.717, 1.165) is 27.9 Å². The Morgan fingerprint density at radius 1 is 0.900 bits per heavy atom. The van der Waals surface area contributed by atoms with E-state index >= 15 is 0 Å². The molecular weight excluding hydrogens is 473 g/mol. The average molecular weight is 493 g/mol. The predicted octanol–water partition coefficient (Wildman–Crippen LogP) is 1.09. The van der Waals surface area contributed by atoms with Gasteiger partial charge in [0.1, 0.15) is 0 Å². The monoisotopic (exact) mass is 491 g/mol. The third kappa shape index (κ3) is 7.55. The number of hydrogen-bond acceptors (Lipinski definition) is 11. The summed E-state index contributed by atoms with van der Waals surface area (Å²) in [7, 11) is 1.05. The first-order valence-corrected chi connectivity index (χ1v) is 9.42. The lowest BCUT2D eigenvalue weighted by atomic mass is 9.97. The number of nitrogens with one attached hydrogen (secondary N) is 1. The molecule has 1 aliphatic rings. The zero-order valence-electron chi connectivity index (χ0n) is 16.3. The molecule has 0 unspecified atom stereocenters. The number of halogens is 3. The summed E-state index contributed by atoms with van der Waals surface area (Å²) in [5, 5.41) is 7.70. The zero-order chi connectivity index (χ0) is 23.2. The minimum atomic E-state index is -2.09. The van der Waals surface area contributed by atoms with Crippen LogP contribution >= 0.6 is 34.8 Å². The molecule has 1 fully saturated rings. The van der Waals surface area contributed by atoms with Crippen LogP contribution in [0.1, 0.15) is 20.8 Å². The van der Waals surface area contributed by atoms with Gasteiger partial charge in [-0.05, 0) is 0 Å². The summed E-state index contributed by atoms with van der Waals surface area (Å²) in [5.74, 6) is -3.50. The summed E-state index contributed by atoms with van der Waals surface area (Å²) in [6.07, 6.45) is -7.75. The largest absolute Gasteiger partial charge is 0.467 e. The summed E-state index contributed by atoms with van der Waals surface area (Å²) in [4.78, 5) is 47.0. The van der Waals surface area contributed by atoms with E-state index in [1.165, 1.54) is 0 Å². The molecule has 14 heteroatoms. The average Bonchev–Trinajstić information content (AvgIpc) is 2.60. The summed E-state index contributed by atoms with van der Waals surface area (Å²) in [5.41, 5.74) is -0.501. The minimum Gasteiger partial charge on any atom is -0.467 e. The molecule has 0 aliphatic carbocycles. The first kappa shape index (κ1) is 26.4. The van der Waals surface area contributed by atoms with E-state index in [1.54, 1.807) is 0 Å². The van der Waals surface area contributed by atoms with Crippen molar-refractivity contribution in [2.24, 2.45) is 0 Å². The summed E-state index contributed by atoms with van der Waals surface area (Å²) in [6.45, 7) is 2.54. The fourth-order valence-corrected chi connectivity index (χ4v) is 2.62. The molecule has 0 spiro atoms. The number of esters is 4. The quantitative estimate of drug-likeness (QED) is 0.237. The highest BCUT2D eigenvalue weighted by molar-refractivity contribution is 6.76. The van der Waals surface area contributed by atoms with Gasteiger partial charge in [0.2, 0.25) is 3.79 Å². The van der Waals surface area contributed by atoms with E-state index < -0.39 is 70.7 Å². The van der Waals surface area contributed by atoms with Crippen molar-refractivity contribution in [2.45, 2.75) is 55.3 Å². The summed E-state index contributed by atoms with van der Waals surface area (Å²) < 4.78 is 28.7. The van der Waals surface area contributed by atoms with Gasteiger partial charge in [-0.1, -0.05) is 34.8 Å². The smallest absolute Gasteiger partial charge is 0.339 e. The highest BCUT2D eigenvalue weighted by Crippen LogP contribution is 2.32. The molecule has 1 N–H and O–H groups in total. The van der Waals surface area contributed by atoms with Crippen LogP contribution in [-0.2, 0) is 47.6 Å². The standard InChI is InChI=1S/C16H20Cl3NO10/c1-6(21)27-10-11(28-7(2)22)13(29-8(3)23)15(30-12(10)14(24)25-4)26-5-9(20)16(17,18)19/h10-13,15,20H,5H2,1-4H3/t10-,11-,12-,13+,15-/m0/s1. The molecule has 1 heterocycles. The Morgan fingerprint density at radius 2 is 1.37 bits per heavy atom. The number of alkyl halides is 3. The maximum absolute atomic E-state index is 12.2. The molecule has 0 aromatic rings. The van der Waals surface area contributed by atoms with Crippen LogP contribution in [-0.4, -0.2) is 77.8 Å². The van der Waals surface area contributed by atoms with E-state index in [4.69, 9.17) is 63.9 Å². The molecule has 30 heavy (non-hydrogen) atoms. The van der Waals surface area contributed by atoms with Gasteiger partial charge in [-0.15, -0.1) is 0 Å². The second kappa shape index (κ2) is 11.1. The topological polar surface area (TPSA) is 148 Å². The van der Waals surface area contributed by atoms with Gasteiger partial charge in [0.15, 0.2) is 30.7 Å². The van der Waals surface area contributed by atoms with E-state index in [0.29, 0.717) is 0 Å². The molecule has 0 amide bonds. The Labute approximate surface area is 186 Å². The van der Waals surface area contributed by atoms with Crippen molar-refractivity contribution in [2.75, 3.05) is 13.7 Å². The third-order valence-electron chi connectivity index (χ3n) is 3.57. The molecule has 0 bridgehead atoms. The summed E-state index contributed by atoms with van der Waals surface area (Å²) >= 11 is 16.8. The molecule has 0 aromatic carbocycles. The Bertz CT molecular complexity index is 695. The minimum absolute atomic E-state index is 0.501. The first-order chi connectivity index (χ1) is 13.8. The predicted molar refractivity (Wildman–Crippen MR) is 101 cm³/mol. The van der Waals surface area contributed by atoms with Crippen molar-refractivity contribution >= 4 is 64.4 Å². The van der Waals surface area contributed by atoms with Crippen LogP contribution in [0.5, 0.6) is 0 Å². The van der Waals surface area contributed by atoms with Crippen molar-refractivity contribution < 1.29 is 47.6 Å². The number of ether oxygens (including phenoxy) is 6. The van der Waals surface area contributed by atoms with Gasteiger partial charge < -0.3 is 33.8 Å². The van der Waals surface area contributed by atoms with E-state index in [2.05, 4.69) is 4.74 Å². The third-order valence-corrected chi connectivity index (χ3v) is 4.25. The lowest BCUT2D eigenvalue weighted by molar-refractivity contribution is -0.298. The van der Waals surface area contributed by atoms with Crippen LogP contribution in [0.25, 0.3) is 0 Å². The van der Waals surface area contributed by atoms with E-state index in [9.17, 15) is 19.2 Å². The van der Waals surface area contributed by atoms with Gasteiger partial charge in [0, 0.05) is 20.8 Å². The van der Waals surface area contributed by atoms with Crippen LogP contribution < -0.4 is 0 Å². The van der Waals surface area contributed by atoms with Gasteiger partial charge in [0.25, 0.3) is 0 Å². The van der Waals surface area contributed by atoms with Crippen molar-refractivity contribution in [1.29, 1.82) is 5.41 Å². The highest BCUT2D eigenvalue weighted by Gasteiger charge is 2.55. The van der Waals surface area contributed by atoms with E-state index in [1.807, 2.05) is 0 Å². The summed E-state index contributed by atoms with van der Waals surface area (Å²) in [6, 6.07) is 0. The SMILES string of the molecule is COC(=O)[C@H]1O[C@H](OCC(=N)C(Cl)(Cl)Cl)[C@H](OC(C)=O)[C@@H](OC(C)=O)[C@@H]1OC(C)=O. The van der Waals surface area contributed by atoms with E-state index in [-0.39, 0.29) is 0 Å². The van der Waals surface area contributed by atoms with Crippen LogP contribution in [0.2, 0.25) is 0 Å². The molecule has 5 atom stereocenters. The fraction of sp³-hybridized carbons (Fsp3) is 0.688. The number of methoxy groups -OCH3 is 1. The van der Waals surface area contributed by atoms with Crippen molar-refractivity contribution in [3.63, 3.8) is 0 Å². The number of hydrogen-bond donors (Lipinski definition) is 1. The van der Waals surface area contributed by atoms with Crippen LogP contribution in [0.15, 0.2) is 0 Å². The van der Waals surface area contributed by atoms with Gasteiger partial charge in [-0.25, -0.2) is 4.79 Å². The normalized spacial score (nSPS) is 26.3. The van der Waals surface area contributed by atoms with Crippen LogP contribution in [0, 0.1) is 5.41 Å². The Kier molecular flexibility index (Phi) is 9.76. The lowest BCUT2D eigenvalue weighted by Crippen LogP contribution is -2.64. The van der Waals surface area contributed by atoms with Gasteiger partial charge in [-0.2, -0.15) is 0 Å². The molecule has 1 saturated heterocycles. The van der Waals surface area contributed by atoms with Crippen LogP contribution in [0.4, 0.5) is 0 Å². The molecular formula is C16H20Cl3NO10. The van der Waals surface area contributed by atoms with Crippen molar-refractivity contribution in [3.8, 4) is 0 Å². The maximum Gasteiger partial charge on any atom is 0.339 e. The van der Waals surface area contributed by atoms with Gasteiger partial charge in [0.05, 0.1) is 19.4 Å². The first-order valence-electron chi connectivity index (χ1n) is 8.29. The second-order valence-corrected chi connectivity index (χ2v) is 8.24. The number of rotatable bonds is 7. The molecule has 0 aromatic heterocycles. The Balaban J connectivity index is 3.34. The Hall–Kier alpha value is -1.66. The molecule has 11 nitrogen and oxygen atoms in total. The zero-order valence-corrected chi connectivity index (χ0v) is 18.6. The second-order valence-electron chi connectivity index (χ2n) is 5.96. The Morgan fingerprint density at radius 3 is 1.80 bits per heavy atom. The molecule has 0 radical (unpaired) electrons. The lowest BCUT2D eigenvalue weighted by Gasteiger charge is -2.43. The number of carbonyl (C=O) groups excluding carboxylic acids is 4. The maximum atomic E-state index is 12.2. The highest BCUT2D eigenvalue weighted by atomic mass is 35.6. The fourth-order valence-electron chi connectivity index (χ4n) is 2.46. The molecule has 1 rings (SSSR count). The molecule has 0 saturated carbocycles. The van der Waals surface area contributed by atoms with Crippen molar-refractivity contribution in [1.82, 2.24) is 0 Å². The van der Waals surface area contributed by atoms with Crippen LogP contribution in [0.3, 0.4) is 0 Å². The van der Waals surface area contributed by atoms with Gasteiger partial charge >= 0.3 is 23.9 Å². The van der Waals surface area contributed by atoms with Gasteiger partial charge in [-0.3, -0.25) is 14.4 Å². The molecule has 1 aliphatic heterocycles.